The number of aliphatic hydroxyl groups is 1. The van der Waals surface area contributed by atoms with Gasteiger partial charge in [-0.25, -0.2) is 4.39 Å². The fourth-order valence-corrected chi connectivity index (χ4v) is 2.87. The van der Waals surface area contributed by atoms with Crippen molar-refractivity contribution < 1.29 is 9.50 Å². The van der Waals surface area contributed by atoms with Gasteiger partial charge in [0.2, 0.25) is 0 Å². The summed E-state index contributed by atoms with van der Waals surface area (Å²) in [5, 5.41) is 10.5. The van der Waals surface area contributed by atoms with Crippen molar-refractivity contribution >= 4 is 5.69 Å². The second-order valence-electron chi connectivity index (χ2n) is 5.52. The highest BCUT2D eigenvalue weighted by molar-refractivity contribution is 5.59. The summed E-state index contributed by atoms with van der Waals surface area (Å²) >= 11 is 0. The van der Waals surface area contributed by atoms with Gasteiger partial charge in [-0.1, -0.05) is 18.2 Å². The number of aliphatic hydroxyl groups excluding tert-OH is 1. The molecule has 3 rings (SSSR count). The predicted octanol–water partition coefficient (Wildman–Crippen LogP) is 3.21. The molecular weight excluding hydrogens is 253 g/mol. The Hall–Kier alpha value is -1.87. The minimum Gasteiger partial charge on any atom is -0.384 e. The number of hydrogen-bond donors (Lipinski definition) is 1. The van der Waals surface area contributed by atoms with Gasteiger partial charge in [0, 0.05) is 19.3 Å². The van der Waals surface area contributed by atoms with Crippen LogP contribution in [0.15, 0.2) is 36.4 Å². The van der Waals surface area contributed by atoms with Crippen molar-refractivity contribution in [2.75, 3.05) is 18.5 Å². The van der Waals surface area contributed by atoms with Gasteiger partial charge < -0.3 is 10.0 Å². The molecule has 0 saturated heterocycles. The molecule has 0 aromatic heterocycles. The Labute approximate surface area is 118 Å². The first-order valence-corrected chi connectivity index (χ1v) is 6.84. The zero-order valence-electron chi connectivity index (χ0n) is 11.7. The maximum atomic E-state index is 13.5. The van der Waals surface area contributed by atoms with Crippen LogP contribution in [0.5, 0.6) is 0 Å². The van der Waals surface area contributed by atoms with Crippen molar-refractivity contribution in [1.29, 1.82) is 0 Å². The van der Waals surface area contributed by atoms with Crippen LogP contribution in [0.2, 0.25) is 0 Å². The molecule has 0 radical (unpaired) electrons. The van der Waals surface area contributed by atoms with Crippen LogP contribution in [0, 0.1) is 12.7 Å². The monoisotopic (exact) mass is 271 g/mol. The normalized spacial score (nSPS) is 15.3. The number of nitrogens with zero attached hydrogens (tertiary/aromatic N) is 1. The van der Waals surface area contributed by atoms with E-state index in [-0.39, 0.29) is 5.82 Å². The second kappa shape index (κ2) is 4.91. The highest BCUT2D eigenvalue weighted by atomic mass is 19.1. The van der Waals surface area contributed by atoms with E-state index in [1.807, 2.05) is 31.2 Å². The molecule has 2 aromatic rings. The summed E-state index contributed by atoms with van der Waals surface area (Å²) in [5.74, 6) is -0.306. The molecule has 0 bridgehead atoms. The minimum atomic E-state index is -0.777. The number of fused-ring (bicyclic) bond motifs is 1. The summed E-state index contributed by atoms with van der Waals surface area (Å²) in [6, 6.07) is 10.7. The van der Waals surface area contributed by atoms with E-state index in [9.17, 15) is 9.50 Å². The lowest BCUT2D eigenvalue weighted by atomic mass is 9.97. The van der Waals surface area contributed by atoms with Crippen LogP contribution < -0.4 is 4.90 Å². The summed E-state index contributed by atoms with van der Waals surface area (Å²) in [5.41, 5.74) is 4.71. The number of hydrogen-bond acceptors (Lipinski definition) is 2. The lowest BCUT2D eigenvalue weighted by molar-refractivity contribution is 0.219. The van der Waals surface area contributed by atoms with Gasteiger partial charge in [0.15, 0.2) is 0 Å². The summed E-state index contributed by atoms with van der Waals surface area (Å²) in [6.45, 7) is 2.84. The molecule has 20 heavy (non-hydrogen) atoms. The first-order chi connectivity index (χ1) is 9.54. The molecule has 1 aliphatic rings. The van der Waals surface area contributed by atoms with Crippen LogP contribution in [0.1, 0.15) is 28.4 Å². The molecular formula is C17H18FNO. The third kappa shape index (κ3) is 2.29. The van der Waals surface area contributed by atoms with Gasteiger partial charge in [-0.2, -0.15) is 0 Å². The van der Waals surface area contributed by atoms with Crippen molar-refractivity contribution in [3.05, 3.63) is 64.5 Å². The topological polar surface area (TPSA) is 23.5 Å². The number of likely N-dealkylation sites (N-methyl/N-ethyl adjacent to an activating group) is 1. The number of anilines is 1. The average molecular weight is 271 g/mol. The quantitative estimate of drug-likeness (QED) is 0.906. The van der Waals surface area contributed by atoms with Crippen LogP contribution >= 0.6 is 0 Å². The maximum Gasteiger partial charge on any atom is 0.123 e. The van der Waals surface area contributed by atoms with Gasteiger partial charge >= 0.3 is 0 Å². The SMILES string of the molecule is Cc1cc(F)cc(C(O)c2ccc3c(c2)CCN3C)c1. The molecule has 0 aliphatic carbocycles. The van der Waals surface area contributed by atoms with Crippen LogP contribution in [0.4, 0.5) is 10.1 Å². The third-order valence-corrected chi connectivity index (χ3v) is 3.93. The Morgan fingerprint density at radius 3 is 2.70 bits per heavy atom. The highest BCUT2D eigenvalue weighted by Crippen LogP contribution is 2.31. The van der Waals surface area contributed by atoms with Crippen LogP contribution in [0.25, 0.3) is 0 Å². The van der Waals surface area contributed by atoms with Crippen LogP contribution in [-0.4, -0.2) is 18.7 Å². The van der Waals surface area contributed by atoms with E-state index in [1.165, 1.54) is 23.4 Å². The Morgan fingerprint density at radius 1 is 1.15 bits per heavy atom. The average Bonchev–Trinajstić information content (AvgIpc) is 2.78. The van der Waals surface area contributed by atoms with Crippen LogP contribution in [0.3, 0.4) is 0 Å². The van der Waals surface area contributed by atoms with E-state index in [2.05, 4.69) is 11.9 Å². The molecule has 2 aromatic carbocycles. The summed E-state index contributed by atoms with van der Waals surface area (Å²) < 4.78 is 13.5. The zero-order chi connectivity index (χ0) is 14.3. The smallest absolute Gasteiger partial charge is 0.123 e. The summed E-state index contributed by atoms with van der Waals surface area (Å²) in [6.07, 6.45) is 0.217. The van der Waals surface area contributed by atoms with E-state index in [0.717, 1.165) is 24.1 Å². The van der Waals surface area contributed by atoms with Gasteiger partial charge in [0.25, 0.3) is 0 Å². The molecule has 3 heteroatoms. The van der Waals surface area contributed by atoms with E-state index in [0.29, 0.717) is 5.56 Å². The van der Waals surface area contributed by atoms with E-state index in [4.69, 9.17) is 0 Å². The summed E-state index contributed by atoms with van der Waals surface area (Å²) in [4.78, 5) is 2.21. The van der Waals surface area contributed by atoms with Gasteiger partial charge in [-0.3, -0.25) is 0 Å². The van der Waals surface area contributed by atoms with Crippen molar-refractivity contribution in [2.24, 2.45) is 0 Å². The largest absolute Gasteiger partial charge is 0.384 e. The van der Waals surface area contributed by atoms with E-state index in [1.54, 1.807) is 0 Å². The fraction of sp³-hybridized carbons (Fsp3) is 0.294. The molecule has 0 spiro atoms. The number of benzene rings is 2. The standard InChI is InChI=1S/C17H18FNO/c1-11-7-14(10-15(18)8-11)17(20)13-3-4-16-12(9-13)5-6-19(16)2/h3-4,7-10,17,20H,5-6H2,1-2H3. The van der Waals surface area contributed by atoms with Crippen molar-refractivity contribution in [2.45, 2.75) is 19.4 Å². The molecule has 0 amide bonds. The van der Waals surface area contributed by atoms with Gasteiger partial charge in [-0.05, 0) is 53.8 Å². The molecule has 1 N–H and O–H groups in total. The molecule has 1 atom stereocenters. The summed E-state index contributed by atoms with van der Waals surface area (Å²) in [7, 11) is 2.07. The number of aryl methyl sites for hydroxylation is 1. The lowest BCUT2D eigenvalue weighted by Gasteiger charge is -2.16. The van der Waals surface area contributed by atoms with Crippen molar-refractivity contribution in [3.63, 3.8) is 0 Å². The minimum absolute atomic E-state index is 0.306. The Morgan fingerprint density at radius 2 is 1.95 bits per heavy atom. The molecule has 2 nitrogen and oxygen atoms in total. The van der Waals surface area contributed by atoms with E-state index < -0.39 is 6.10 Å². The number of halogens is 1. The fourth-order valence-electron chi connectivity index (χ4n) is 2.87. The van der Waals surface area contributed by atoms with Gasteiger partial charge in [0.1, 0.15) is 11.9 Å². The zero-order valence-corrected chi connectivity index (χ0v) is 11.7. The number of rotatable bonds is 2. The molecule has 0 fully saturated rings. The van der Waals surface area contributed by atoms with Crippen molar-refractivity contribution in [3.8, 4) is 0 Å². The molecule has 104 valence electrons. The first-order valence-electron chi connectivity index (χ1n) is 6.84. The maximum absolute atomic E-state index is 13.5. The van der Waals surface area contributed by atoms with Crippen molar-refractivity contribution in [1.82, 2.24) is 0 Å². The third-order valence-electron chi connectivity index (χ3n) is 3.93. The van der Waals surface area contributed by atoms with E-state index >= 15 is 0 Å². The Kier molecular flexibility index (Phi) is 3.22. The molecule has 1 heterocycles. The highest BCUT2D eigenvalue weighted by Gasteiger charge is 2.19. The molecule has 1 unspecified atom stereocenters. The molecule has 0 saturated carbocycles. The van der Waals surface area contributed by atoms with Crippen LogP contribution in [-0.2, 0) is 6.42 Å². The Balaban J connectivity index is 1.96. The lowest BCUT2D eigenvalue weighted by Crippen LogP contribution is -2.12. The second-order valence-corrected chi connectivity index (χ2v) is 5.52. The van der Waals surface area contributed by atoms with Gasteiger partial charge in [0.05, 0.1) is 0 Å². The Bertz CT molecular complexity index is 633. The van der Waals surface area contributed by atoms with Gasteiger partial charge in [-0.15, -0.1) is 0 Å². The predicted molar refractivity (Wildman–Crippen MR) is 78.6 cm³/mol. The molecule has 1 aliphatic heterocycles. The first kappa shape index (κ1) is 13.1.